The fourth-order valence-electron chi connectivity index (χ4n) is 1.96. The summed E-state index contributed by atoms with van der Waals surface area (Å²) in [7, 11) is 0. The number of anilines is 1. The zero-order chi connectivity index (χ0) is 14.2. The third-order valence-corrected chi connectivity index (χ3v) is 4.19. The maximum absolute atomic E-state index is 5.31. The van der Waals surface area contributed by atoms with Crippen molar-refractivity contribution in [2.24, 2.45) is 0 Å². The van der Waals surface area contributed by atoms with Crippen LogP contribution in [0.2, 0.25) is 0 Å². The second kappa shape index (κ2) is 8.12. The van der Waals surface area contributed by atoms with Gasteiger partial charge in [-0.25, -0.2) is 0 Å². The van der Waals surface area contributed by atoms with Crippen LogP contribution in [-0.4, -0.2) is 23.2 Å². The molecule has 2 nitrogen and oxygen atoms in total. The van der Waals surface area contributed by atoms with Gasteiger partial charge in [0.05, 0.1) is 0 Å². The molecular formula is C16H20N2S2. The molecule has 0 radical (unpaired) electrons. The maximum Gasteiger partial charge on any atom is 0.170 e. The molecular weight excluding hydrogens is 284 g/mol. The Morgan fingerprint density at radius 1 is 1.15 bits per heavy atom. The Balaban J connectivity index is 1.83. The minimum Gasteiger partial charge on any atom is -0.362 e. The number of fused-ring (bicyclic) bond motifs is 1. The molecule has 106 valence electrons. The zero-order valence-corrected chi connectivity index (χ0v) is 13.3. The van der Waals surface area contributed by atoms with Crippen LogP contribution in [-0.2, 0) is 0 Å². The first-order valence-electron chi connectivity index (χ1n) is 6.91. The number of rotatable bonds is 6. The van der Waals surface area contributed by atoms with Gasteiger partial charge in [-0.05, 0) is 53.0 Å². The van der Waals surface area contributed by atoms with Crippen LogP contribution in [0.15, 0.2) is 42.5 Å². The Kier molecular flexibility index (Phi) is 6.15. The summed E-state index contributed by atoms with van der Waals surface area (Å²) in [5, 5.41) is 9.65. The molecule has 0 amide bonds. The highest BCUT2D eigenvalue weighted by molar-refractivity contribution is 7.99. The Morgan fingerprint density at radius 3 is 2.75 bits per heavy atom. The SMILES string of the molecule is CCSCCCNC(=S)Nc1ccc2ccccc2c1. The maximum atomic E-state index is 5.31. The molecule has 0 aromatic heterocycles. The Labute approximate surface area is 130 Å². The summed E-state index contributed by atoms with van der Waals surface area (Å²) in [6, 6.07) is 14.6. The van der Waals surface area contributed by atoms with E-state index in [0.717, 1.165) is 18.7 Å². The summed E-state index contributed by atoms with van der Waals surface area (Å²) >= 11 is 7.27. The van der Waals surface area contributed by atoms with Crippen molar-refractivity contribution in [3.05, 3.63) is 42.5 Å². The standard InChI is InChI=1S/C16H20N2S2/c1-2-20-11-5-10-17-16(19)18-15-9-8-13-6-3-4-7-14(13)12-15/h3-4,6-9,12H,2,5,10-11H2,1H3,(H2,17,18,19). The summed E-state index contributed by atoms with van der Waals surface area (Å²) in [5.74, 6) is 2.36. The Morgan fingerprint density at radius 2 is 1.95 bits per heavy atom. The monoisotopic (exact) mass is 304 g/mol. The Hall–Kier alpha value is -1.26. The van der Waals surface area contributed by atoms with Gasteiger partial charge in [-0.1, -0.05) is 37.3 Å². The third kappa shape index (κ3) is 4.69. The van der Waals surface area contributed by atoms with Gasteiger partial charge < -0.3 is 10.6 Å². The molecule has 2 N–H and O–H groups in total. The van der Waals surface area contributed by atoms with Crippen LogP contribution in [0.5, 0.6) is 0 Å². The van der Waals surface area contributed by atoms with Crippen LogP contribution in [0.1, 0.15) is 13.3 Å². The average Bonchev–Trinajstić information content (AvgIpc) is 2.47. The molecule has 0 bridgehead atoms. The average molecular weight is 304 g/mol. The van der Waals surface area contributed by atoms with E-state index in [4.69, 9.17) is 12.2 Å². The van der Waals surface area contributed by atoms with Crippen LogP contribution >= 0.6 is 24.0 Å². The van der Waals surface area contributed by atoms with Crippen molar-refractivity contribution in [1.29, 1.82) is 0 Å². The summed E-state index contributed by atoms with van der Waals surface area (Å²) in [6.45, 7) is 3.11. The molecule has 0 aliphatic rings. The van der Waals surface area contributed by atoms with Gasteiger partial charge in [0.25, 0.3) is 0 Å². The molecule has 2 aromatic rings. The van der Waals surface area contributed by atoms with E-state index >= 15 is 0 Å². The molecule has 0 saturated heterocycles. The summed E-state index contributed by atoms with van der Waals surface area (Å²) in [5.41, 5.74) is 1.03. The van der Waals surface area contributed by atoms with E-state index < -0.39 is 0 Å². The number of hydrogen-bond donors (Lipinski definition) is 2. The lowest BCUT2D eigenvalue weighted by molar-refractivity contribution is 0.854. The van der Waals surface area contributed by atoms with Gasteiger partial charge in [-0.15, -0.1) is 0 Å². The number of thioether (sulfide) groups is 1. The van der Waals surface area contributed by atoms with Crippen LogP contribution < -0.4 is 10.6 Å². The largest absolute Gasteiger partial charge is 0.362 e. The number of hydrogen-bond acceptors (Lipinski definition) is 2. The molecule has 0 spiro atoms. The molecule has 0 aliphatic heterocycles. The fourth-order valence-corrected chi connectivity index (χ4v) is 2.82. The highest BCUT2D eigenvalue weighted by Crippen LogP contribution is 2.18. The van der Waals surface area contributed by atoms with Crippen LogP contribution in [0.4, 0.5) is 5.69 Å². The third-order valence-electron chi connectivity index (χ3n) is 2.96. The van der Waals surface area contributed by atoms with Gasteiger partial charge in [-0.3, -0.25) is 0 Å². The number of benzene rings is 2. The molecule has 4 heteroatoms. The minimum absolute atomic E-state index is 0.696. The second-order valence-corrected chi connectivity index (χ2v) is 6.30. The normalized spacial score (nSPS) is 10.4. The van der Waals surface area contributed by atoms with Gasteiger partial charge in [0, 0.05) is 12.2 Å². The lowest BCUT2D eigenvalue weighted by Gasteiger charge is -2.11. The van der Waals surface area contributed by atoms with Gasteiger partial charge in [0.1, 0.15) is 0 Å². The molecule has 2 aromatic carbocycles. The van der Waals surface area contributed by atoms with E-state index in [-0.39, 0.29) is 0 Å². The number of thiocarbonyl (C=S) groups is 1. The molecule has 2 rings (SSSR count). The van der Waals surface area contributed by atoms with Crippen molar-refractivity contribution in [2.45, 2.75) is 13.3 Å². The smallest absolute Gasteiger partial charge is 0.170 e. The van der Waals surface area contributed by atoms with Crippen LogP contribution in [0.3, 0.4) is 0 Å². The van der Waals surface area contributed by atoms with Crippen molar-refractivity contribution in [2.75, 3.05) is 23.4 Å². The zero-order valence-electron chi connectivity index (χ0n) is 11.7. The lowest BCUT2D eigenvalue weighted by Crippen LogP contribution is -2.29. The molecule has 0 unspecified atom stereocenters. The first-order chi connectivity index (χ1) is 9.79. The summed E-state index contributed by atoms with van der Waals surface area (Å²) in [6.07, 6.45) is 1.14. The van der Waals surface area contributed by atoms with Gasteiger partial charge in [0.15, 0.2) is 5.11 Å². The fraction of sp³-hybridized carbons (Fsp3) is 0.312. The van der Waals surface area contributed by atoms with Gasteiger partial charge in [-0.2, -0.15) is 11.8 Å². The van der Waals surface area contributed by atoms with E-state index in [1.54, 1.807) is 0 Å². The molecule has 0 heterocycles. The Bertz CT molecular complexity index is 569. The van der Waals surface area contributed by atoms with E-state index in [2.05, 4.69) is 54.0 Å². The lowest BCUT2D eigenvalue weighted by atomic mass is 10.1. The van der Waals surface area contributed by atoms with Crippen LogP contribution in [0, 0.1) is 0 Å². The topological polar surface area (TPSA) is 24.1 Å². The van der Waals surface area contributed by atoms with Crippen LogP contribution in [0.25, 0.3) is 10.8 Å². The van der Waals surface area contributed by atoms with E-state index in [1.807, 2.05) is 17.8 Å². The number of nitrogens with one attached hydrogen (secondary N) is 2. The molecule has 20 heavy (non-hydrogen) atoms. The van der Waals surface area contributed by atoms with Crippen molar-refractivity contribution in [3.63, 3.8) is 0 Å². The van der Waals surface area contributed by atoms with Crippen molar-refractivity contribution in [3.8, 4) is 0 Å². The first-order valence-corrected chi connectivity index (χ1v) is 8.47. The first kappa shape index (κ1) is 15.1. The second-order valence-electron chi connectivity index (χ2n) is 4.49. The van der Waals surface area contributed by atoms with Crippen molar-refractivity contribution < 1.29 is 0 Å². The summed E-state index contributed by atoms with van der Waals surface area (Å²) in [4.78, 5) is 0. The van der Waals surface area contributed by atoms with Gasteiger partial charge in [0.2, 0.25) is 0 Å². The van der Waals surface area contributed by atoms with Crippen molar-refractivity contribution >= 4 is 45.6 Å². The molecule has 0 fully saturated rings. The van der Waals surface area contributed by atoms with Gasteiger partial charge >= 0.3 is 0 Å². The van der Waals surface area contributed by atoms with E-state index in [9.17, 15) is 0 Å². The molecule has 0 aliphatic carbocycles. The predicted molar refractivity (Wildman–Crippen MR) is 95.8 cm³/mol. The van der Waals surface area contributed by atoms with E-state index in [1.165, 1.54) is 22.3 Å². The van der Waals surface area contributed by atoms with Crippen molar-refractivity contribution in [1.82, 2.24) is 5.32 Å². The highest BCUT2D eigenvalue weighted by Gasteiger charge is 1.99. The summed E-state index contributed by atoms with van der Waals surface area (Å²) < 4.78 is 0. The predicted octanol–water partition coefficient (Wildman–Crippen LogP) is 4.27. The highest BCUT2D eigenvalue weighted by atomic mass is 32.2. The molecule has 0 saturated carbocycles. The quantitative estimate of drug-likeness (QED) is 0.615. The van der Waals surface area contributed by atoms with E-state index in [0.29, 0.717) is 5.11 Å². The molecule has 0 atom stereocenters. The minimum atomic E-state index is 0.696.